The maximum atomic E-state index is 5.76. The fourth-order valence-electron chi connectivity index (χ4n) is 1.43. The lowest BCUT2D eigenvalue weighted by Gasteiger charge is -2.18. The van der Waals surface area contributed by atoms with Crippen LogP contribution in [0.1, 0.15) is 45.6 Å². The Bertz CT molecular complexity index is 305. The first-order valence-corrected chi connectivity index (χ1v) is 6.06. The summed E-state index contributed by atoms with van der Waals surface area (Å²) in [6.07, 6.45) is 1.21. The summed E-state index contributed by atoms with van der Waals surface area (Å²) in [5.74, 6) is 1.51. The summed E-state index contributed by atoms with van der Waals surface area (Å²) in [6, 6.07) is 8.38. The predicted molar refractivity (Wildman–Crippen MR) is 68.9 cm³/mol. The molecule has 0 spiro atoms. The fourth-order valence-corrected chi connectivity index (χ4v) is 1.43. The molecule has 0 saturated carbocycles. The van der Waals surface area contributed by atoms with Gasteiger partial charge in [0.25, 0.3) is 0 Å². The average molecular weight is 221 g/mol. The van der Waals surface area contributed by atoms with Crippen LogP contribution in [0.15, 0.2) is 24.3 Å². The summed E-state index contributed by atoms with van der Waals surface area (Å²) < 4.78 is 5.72. The van der Waals surface area contributed by atoms with Gasteiger partial charge in [-0.2, -0.15) is 0 Å². The summed E-state index contributed by atoms with van der Waals surface area (Å²) in [7, 11) is 0. The molecular weight excluding hydrogens is 198 g/mol. The Kier molecular flexibility index (Phi) is 4.81. The van der Waals surface area contributed by atoms with Gasteiger partial charge in [0, 0.05) is 6.04 Å². The van der Waals surface area contributed by atoms with Crippen molar-refractivity contribution in [1.82, 2.24) is 0 Å². The van der Waals surface area contributed by atoms with Crippen molar-refractivity contribution in [3.8, 4) is 5.75 Å². The molecule has 2 nitrogen and oxygen atoms in total. The molecule has 0 aromatic heterocycles. The Morgan fingerprint density at radius 2 is 1.69 bits per heavy atom. The van der Waals surface area contributed by atoms with E-state index in [1.54, 1.807) is 0 Å². The number of benzene rings is 1. The third-order valence-electron chi connectivity index (χ3n) is 3.12. The number of hydrogen-bond donors (Lipinski definition) is 1. The molecule has 0 aliphatic carbocycles. The van der Waals surface area contributed by atoms with E-state index in [2.05, 4.69) is 26.0 Å². The molecular formula is C14H23NO. The highest BCUT2D eigenvalue weighted by Gasteiger charge is 2.09. The summed E-state index contributed by atoms with van der Waals surface area (Å²) >= 11 is 0. The molecule has 1 rings (SSSR count). The summed E-state index contributed by atoms with van der Waals surface area (Å²) in [4.78, 5) is 0. The highest BCUT2D eigenvalue weighted by molar-refractivity contribution is 5.29. The van der Waals surface area contributed by atoms with Gasteiger partial charge < -0.3 is 10.5 Å². The van der Waals surface area contributed by atoms with Crippen LogP contribution < -0.4 is 10.5 Å². The largest absolute Gasteiger partial charge is 0.489 e. The monoisotopic (exact) mass is 221 g/mol. The smallest absolute Gasteiger partial charge is 0.119 e. The molecule has 0 radical (unpaired) electrons. The van der Waals surface area contributed by atoms with E-state index < -0.39 is 0 Å². The highest BCUT2D eigenvalue weighted by atomic mass is 16.5. The molecule has 2 N–H and O–H groups in total. The minimum absolute atomic E-state index is 0.0502. The minimum atomic E-state index is 0.0502. The van der Waals surface area contributed by atoms with Crippen molar-refractivity contribution in [3.05, 3.63) is 29.8 Å². The second kappa shape index (κ2) is 5.90. The quantitative estimate of drug-likeness (QED) is 0.828. The van der Waals surface area contributed by atoms with Gasteiger partial charge in [0.1, 0.15) is 11.9 Å². The van der Waals surface area contributed by atoms with Crippen LogP contribution in [0.3, 0.4) is 0 Å². The van der Waals surface area contributed by atoms with Gasteiger partial charge in [-0.05, 0) is 43.9 Å². The zero-order chi connectivity index (χ0) is 12.1. The van der Waals surface area contributed by atoms with Crippen molar-refractivity contribution in [1.29, 1.82) is 0 Å². The van der Waals surface area contributed by atoms with Crippen LogP contribution in [0.5, 0.6) is 5.75 Å². The molecule has 0 heterocycles. The van der Waals surface area contributed by atoms with Crippen LogP contribution in [0.25, 0.3) is 0 Å². The van der Waals surface area contributed by atoms with E-state index in [1.165, 1.54) is 5.56 Å². The van der Waals surface area contributed by atoms with Gasteiger partial charge in [-0.3, -0.25) is 0 Å². The molecule has 1 aromatic carbocycles. The summed E-state index contributed by atoms with van der Waals surface area (Å²) in [6.45, 7) is 8.39. The maximum Gasteiger partial charge on any atom is 0.119 e. The first kappa shape index (κ1) is 13.0. The molecule has 0 fully saturated rings. The molecule has 2 heteroatoms. The van der Waals surface area contributed by atoms with Crippen molar-refractivity contribution in [2.75, 3.05) is 0 Å². The standard InChI is InChI=1S/C14H23NO/c1-5-10(2)13-6-8-14(9-7-13)16-12(4)11(3)15/h6-12H,5,15H2,1-4H3/t10?,11-,12?/m1/s1. The molecule has 16 heavy (non-hydrogen) atoms. The first-order valence-electron chi connectivity index (χ1n) is 6.06. The van der Waals surface area contributed by atoms with Crippen LogP contribution in [0.2, 0.25) is 0 Å². The fraction of sp³-hybridized carbons (Fsp3) is 0.571. The first-order chi connectivity index (χ1) is 7.54. The third kappa shape index (κ3) is 3.53. The van der Waals surface area contributed by atoms with Crippen LogP contribution in [-0.2, 0) is 0 Å². The normalized spacial score (nSPS) is 16.6. The van der Waals surface area contributed by atoms with E-state index in [0.717, 1.165) is 12.2 Å². The van der Waals surface area contributed by atoms with Crippen molar-refractivity contribution >= 4 is 0 Å². The van der Waals surface area contributed by atoms with E-state index >= 15 is 0 Å². The molecule has 0 aliphatic heterocycles. The number of ether oxygens (including phenoxy) is 1. The Morgan fingerprint density at radius 3 is 2.12 bits per heavy atom. The second-order valence-electron chi connectivity index (χ2n) is 4.56. The van der Waals surface area contributed by atoms with Gasteiger partial charge in [0.2, 0.25) is 0 Å². The lowest BCUT2D eigenvalue weighted by atomic mass is 9.99. The molecule has 0 amide bonds. The average Bonchev–Trinajstić information content (AvgIpc) is 2.28. The van der Waals surface area contributed by atoms with Gasteiger partial charge in [0.05, 0.1) is 0 Å². The van der Waals surface area contributed by atoms with E-state index in [-0.39, 0.29) is 12.1 Å². The topological polar surface area (TPSA) is 35.2 Å². The summed E-state index contributed by atoms with van der Waals surface area (Å²) in [5.41, 5.74) is 7.12. The lowest BCUT2D eigenvalue weighted by Crippen LogP contribution is -2.33. The molecule has 0 saturated heterocycles. The highest BCUT2D eigenvalue weighted by Crippen LogP contribution is 2.22. The van der Waals surface area contributed by atoms with Crippen LogP contribution in [0.4, 0.5) is 0 Å². The number of nitrogens with two attached hydrogens (primary N) is 1. The van der Waals surface area contributed by atoms with Crippen molar-refractivity contribution in [2.24, 2.45) is 5.73 Å². The molecule has 90 valence electrons. The Balaban J connectivity index is 2.64. The summed E-state index contributed by atoms with van der Waals surface area (Å²) in [5, 5.41) is 0. The van der Waals surface area contributed by atoms with E-state index in [4.69, 9.17) is 10.5 Å². The van der Waals surface area contributed by atoms with E-state index in [0.29, 0.717) is 5.92 Å². The van der Waals surface area contributed by atoms with Gasteiger partial charge in [-0.25, -0.2) is 0 Å². The van der Waals surface area contributed by atoms with Gasteiger partial charge in [-0.15, -0.1) is 0 Å². The number of rotatable bonds is 5. The zero-order valence-electron chi connectivity index (χ0n) is 10.7. The third-order valence-corrected chi connectivity index (χ3v) is 3.12. The van der Waals surface area contributed by atoms with E-state index in [1.807, 2.05) is 26.0 Å². The maximum absolute atomic E-state index is 5.76. The Morgan fingerprint density at radius 1 is 1.12 bits per heavy atom. The SMILES string of the molecule is CCC(C)c1ccc(OC(C)[C@@H](C)N)cc1. The van der Waals surface area contributed by atoms with Crippen molar-refractivity contribution in [3.63, 3.8) is 0 Å². The van der Waals surface area contributed by atoms with Crippen LogP contribution >= 0.6 is 0 Å². The van der Waals surface area contributed by atoms with Gasteiger partial charge >= 0.3 is 0 Å². The molecule has 2 unspecified atom stereocenters. The van der Waals surface area contributed by atoms with Crippen LogP contribution in [-0.4, -0.2) is 12.1 Å². The Labute approximate surface area is 98.8 Å². The zero-order valence-corrected chi connectivity index (χ0v) is 10.7. The lowest BCUT2D eigenvalue weighted by molar-refractivity contribution is 0.196. The minimum Gasteiger partial charge on any atom is -0.489 e. The number of hydrogen-bond acceptors (Lipinski definition) is 2. The molecule has 0 bridgehead atoms. The van der Waals surface area contributed by atoms with E-state index in [9.17, 15) is 0 Å². The van der Waals surface area contributed by atoms with Gasteiger partial charge in [-0.1, -0.05) is 26.0 Å². The molecule has 0 aliphatic rings. The van der Waals surface area contributed by atoms with Crippen molar-refractivity contribution < 1.29 is 4.74 Å². The van der Waals surface area contributed by atoms with Gasteiger partial charge in [0.15, 0.2) is 0 Å². The second-order valence-corrected chi connectivity index (χ2v) is 4.56. The van der Waals surface area contributed by atoms with Crippen molar-refractivity contribution in [2.45, 2.75) is 52.2 Å². The van der Waals surface area contributed by atoms with Crippen LogP contribution in [0, 0.1) is 0 Å². The molecule has 3 atom stereocenters. The molecule has 1 aromatic rings. The predicted octanol–water partition coefficient (Wildman–Crippen LogP) is 3.31. The Hall–Kier alpha value is -1.02.